The Labute approximate surface area is 311 Å². The molecule has 266 valence electrons. The van der Waals surface area contributed by atoms with E-state index in [1.807, 2.05) is 37.3 Å². The number of pyridine rings is 2. The van der Waals surface area contributed by atoms with Crippen LogP contribution in [0.15, 0.2) is 112 Å². The molecule has 1 aliphatic carbocycles. The van der Waals surface area contributed by atoms with Gasteiger partial charge in [-0.3, -0.25) is 9.78 Å². The summed E-state index contributed by atoms with van der Waals surface area (Å²) in [7, 11) is 0. The number of halogens is 1. The molecular weight excluding hydrogens is 708 g/mol. The summed E-state index contributed by atoms with van der Waals surface area (Å²) >= 11 is 6.71. The fraction of sp³-hybridized carbons (Fsp3) is 0.0714. The van der Waals surface area contributed by atoms with Crippen LogP contribution < -0.4 is 16.1 Å². The molecule has 1 aliphatic heterocycles. The Morgan fingerprint density at radius 2 is 1.48 bits per heavy atom. The standard InChI is InChI=1S/C42H29ClN4O7/c1-21-10-12-24(41(50)51)26(17-21)35-25-13-15-34(48)28(19-45-31-8-2-5-22-7-4-16-44-36(22)31)39(25)54-40-27(35)18-30(43)38(49)29(40)20-46-32-9-3-6-23-11-14-33(42(52)53)47-37(23)32/h2-18,45-46,49H,19-20H2,1H3,(H,50,51)(H,52,53). The number of aromatic carboxylic acids is 2. The Hall–Kier alpha value is -6.98. The molecule has 0 unspecified atom stereocenters. The molecule has 3 heterocycles. The number of benzene rings is 5. The maximum Gasteiger partial charge on any atom is 0.354 e. The molecule has 0 amide bonds. The molecule has 5 N–H and O–H groups in total. The molecule has 0 atom stereocenters. The van der Waals surface area contributed by atoms with E-state index in [1.54, 1.807) is 48.7 Å². The number of aryl methyl sites for hydroxylation is 1. The Morgan fingerprint density at radius 3 is 2.22 bits per heavy atom. The van der Waals surface area contributed by atoms with Crippen molar-refractivity contribution < 1.29 is 29.3 Å². The molecule has 0 saturated heterocycles. The number of phenolic OH excluding ortho intramolecular Hbond substituents is 1. The fourth-order valence-electron chi connectivity index (χ4n) is 6.84. The summed E-state index contributed by atoms with van der Waals surface area (Å²) in [6.07, 6.45) is 1.69. The predicted molar refractivity (Wildman–Crippen MR) is 208 cm³/mol. The Bertz CT molecular complexity index is 2870. The molecule has 11 nitrogen and oxygen atoms in total. The van der Waals surface area contributed by atoms with Gasteiger partial charge in [-0.25, -0.2) is 14.6 Å². The first-order valence-electron chi connectivity index (χ1n) is 16.8. The predicted octanol–water partition coefficient (Wildman–Crippen LogP) is 8.95. The summed E-state index contributed by atoms with van der Waals surface area (Å²) in [6, 6.07) is 27.4. The summed E-state index contributed by atoms with van der Waals surface area (Å²) in [4.78, 5) is 47.0. The van der Waals surface area contributed by atoms with Crippen LogP contribution in [0.3, 0.4) is 0 Å². The second-order valence-corrected chi connectivity index (χ2v) is 13.2. The third kappa shape index (κ3) is 5.96. The van der Waals surface area contributed by atoms with E-state index in [0.29, 0.717) is 49.9 Å². The smallest absolute Gasteiger partial charge is 0.354 e. The molecule has 2 aliphatic rings. The highest BCUT2D eigenvalue weighted by atomic mass is 35.5. The highest BCUT2D eigenvalue weighted by Gasteiger charge is 2.28. The number of aromatic nitrogens is 2. The van der Waals surface area contributed by atoms with E-state index in [-0.39, 0.29) is 63.0 Å². The molecule has 0 saturated carbocycles. The third-order valence-corrected chi connectivity index (χ3v) is 9.71. The minimum atomic E-state index is -1.18. The van der Waals surface area contributed by atoms with Gasteiger partial charge in [0.25, 0.3) is 0 Å². The van der Waals surface area contributed by atoms with Gasteiger partial charge >= 0.3 is 11.9 Å². The Kier molecular flexibility index (Phi) is 8.55. The summed E-state index contributed by atoms with van der Waals surface area (Å²) in [5.74, 6) is -2.45. The number of carboxylic acid groups (broad SMARTS) is 2. The van der Waals surface area contributed by atoms with Crippen molar-refractivity contribution in [2.75, 3.05) is 10.6 Å². The summed E-state index contributed by atoms with van der Waals surface area (Å²) in [5.41, 5.74) is 4.53. The molecule has 54 heavy (non-hydrogen) atoms. The first-order chi connectivity index (χ1) is 26.1. The average Bonchev–Trinajstić information content (AvgIpc) is 3.16. The van der Waals surface area contributed by atoms with Crippen LogP contribution in [0.2, 0.25) is 5.02 Å². The Balaban J connectivity index is 1.36. The van der Waals surface area contributed by atoms with E-state index < -0.39 is 11.9 Å². The van der Waals surface area contributed by atoms with E-state index in [9.17, 15) is 29.7 Å². The molecule has 4 aromatic carbocycles. The van der Waals surface area contributed by atoms with Gasteiger partial charge in [0.2, 0.25) is 0 Å². The summed E-state index contributed by atoms with van der Waals surface area (Å²) in [6.45, 7) is 1.79. The SMILES string of the molecule is Cc1ccc(C(=O)O)c(-c2c3ccc(=O)c(CNc4cccc5cccnc45)c-3oc3c(CNc4cccc5ccc(C(=O)O)nc45)c(O)c(Cl)cc23)c1. The number of hydrogen-bond donors (Lipinski definition) is 5. The van der Waals surface area contributed by atoms with E-state index in [1.165, 1.54) is 24.3 Å². The average molecular weight is 737 g/mol. The number of para-hydroxylation sites is 2. The minimum Gasteiger partial charge on any atom is -0.506 e. The molecule has 0 fully saturated rings. The lowest BCUT2D eigenvalue weighted by Gasteiger charge is -2.22. The maximum absolute atomic E-state index is 13.7. The van der Waals surface area contributed by atoms with Gasteiger partial charge in [-0.2, -0.15) is 0 Å². The van der Waals surface area contributed by atoms with Gasteiger partial charge in [0.05, 0.1) is 44.1 Å². The largest absolute Gasteiger partial charge is 0.506 e. The topological polar surface area (TPSA) is 175 Å². The number of fused-ring (bicyclic) bond motifs is 4. The van der Waals surface area contributed by atoms with Crippen molar-refractivity contribution in [1.82, 2.24) is 9.97 Å². The number of rotatable bonds is 9. The van der Waals surface area contributed by atoms with Gasteiger partial charge in [0, 0.05) is 46.6 Å². The minimum absolute atomic E-state index is 0.0158. The van der Waals surface area contributed by atoms with Gasteiger partial charge in [-0.1, -0.05) is 65.7 Å². The summed E-state index contributed by atoms with van der Waals surface area (Å²) in [5, 5.41) is 40.0. The van der Waals surface area contributed by atoms with Crippen molar-refractivity contribution >= 4 is 67.7 Å². The third-order valence-electron chi connectivity index (χ3n) is 9.42. The normalized spacial score (nSPS) is 11.4. The van der Waals surface area contributed by atoms with Crippen LogP contribution >= 0.6 is 11.6 Å². The fourth-order valence-corrected chi connectivity index (χ4v) is 7.07. The highest BCUT2D eigenvalue weighted by Crippen LogP contribution is 2.47. The molecule has 0 spiro atoms. The number of nitrogens with zero attached hydrogens (tertiary/aromatic N) is 2. The number of carbonyl (C=O) groups is 2. The van der Waals surface area contributed by atoms with Crippen molar-refractivity contribution in [3.63, 3.8) is 0 Å². The molecule has 0 radical (unpaired) electrons. The lowest BCUT2D eigenvalue weighted by molar-refractivity contribution is 0.0683. The number of phenols is 1. The highest BCUT2D eigenvalue weighted by molar-refractivity contribution is 6.33. The Morgan fingerprint density at radius 1 is 0.778 bits per heavy atom. The van der Waals surface area contributed by atoms with Crippen LogP contribution in [0, 0.1) is 6.92 Å². The van der Waals surface area contributed by atoms with Crippen LogP contribution in [0.4, 0.5) is 11.4 Å². The molecular formula is C42H29ClN4O7. The van der Waals surface area contributed by atoms with Crippen LogP contribution in [-0.4, -0.2) is 37.2 Å². The van der Waals surface area contributed by atoms with Crippen LogP contribution in [0.5, 0.6) is 5.75 Å². The van der Waals surface area contributed by atoms with E-state index in [2.05, 4.69) is 20.6 Å². The van der Waals surface area contributed by atoms with Gasteiger partial charge in [-0.15, -0.1) is 0 Å². The van der Waals surface area contributed by atoms with Crippen molar-refractivity contribution in [2.45, 2.75) is 20.0 Å². The maximum atomic E-state index is 13.7. The van der Waals surface area contributed by atoms with Gasteiger partial charge in [0.15, 0.2) is 5.43 Å². The molecule has 12 heteroatoms. The second-order valence-electron chi connectivity index (χ2n) is 12.8. The zero-order valence-electron chi connectivity index (χ0n) is 28.5. The zero-order valence-corrected chi connectivity index (χ0v) is 29.2. The van der Waals surface area contributed by atoms with E-state index in [4.69, 9.17) is 16.0 Å². The molecule has 8 rings (SSSR count). The van der Waals surface area contributed by atoms with Crippen molar-refractivity contribution in [3.8, 4) is 28.2 Å². The number of aromatic hydroxyl groups is 1. The lowest BCUT2D eigenvalue weighted by atomic mass is 9.87. The summed E-state index contributed by atoms with van der Waals surface area (Å²) < 4.78 is 6.67. The van der Waals surface area contributed by atoms with E-state index in [0.717, 1.165) is 10.9 Å². The van der Waals surface area contributed by atoms with Crippen LogP contribution in [0.1, 0.15) is 37.5 Å². The monoisotopic (exact) mass is 736 g/mol. The van der Waals surface area contributed by atoms with Crippen molar-refractivity contribution in [2.24, 2.45) is 0 Å². The van der Waals surface area contributed by atoms with Gasteiger partial charge in [-0.05, 0) is 61.0 Å². The number of hydrogen-bond acceptors (Lipinski definition) is 9. The van der Waals surface area contributed by atoms with Crippen molar-refractivity contribution in [3.05, 3.63) is 146 Å². The zero-order chi connectivity index (χ0) is 37.7. The number of anilines is 2. The molecule has 6 aromatic rings. The van der Waals surface area contributed by atoms with Crippen molar-refractivity contribution in [1.29, 1.82) is 0 Å². The first-order valence-corrected chi connectivity index (χ1v) is 17.2. The van der Waals surface area contributed by atoms with Gasteiger partial charge in [0.1, 0.15) is 22.8 Å². The first kappa shape index (κ1) is 34.1. The lowest BCUT2D eigenvalue weighted by Crippen LogP contribution is -2.15. The molecule has 2 aromatic heterocycles. The quantitative estimate of drug-likeness (QED) is 0.0895. The number of nitrogens with one attached hydrogen (secondary N) is 2. The van der Waals surface area contributed by atoms with E-state index >= 15 is 0 Å². The second kappa shape index (κ2) is 13.5. The van der Waals surface area contributed by atoms with Crippen LogP contribution in [0.25, 0.3) is 55.2 Å². The number of carboxylic acids is 2. The van der Waals surface area contributed by atoms with Gasteiger partial charge < -0.3 is 30.4 Å². The van der Waals surface area contributed by atoms with Crippen LogP contribution in [-0.2, 0) is 13.1 Å². The molecule has 0 bridgehead atoms.